The third-order valence-electron chi connectivity index (χ3n) is 4.75. The second-order valence-corrected chi connectivity index (χ2v) is 6.37. The van der Waals surface area contributed by atoms with Crippen molar-refractivity contribution in [3.63, 3.8) is 0 Å². The number of ether oxygens (including phenoxy) is 2. The average Bonchev–Trinajstić information content (AvgIpc) is 3.10. The van der Waals surface area contributed by atoms with Crippen molar-refractivity contribution in [3.05, 3.63) is 24.1 Å². The molecule has 1 aromatic carbocycles. The van der Waals surface area contributed by atoms with E-state index in [1.54, 1.807) is 14.2 Å². The summed E-state index contributed by atoms with van der Waals surface area (Å²) in [4.78, 5) is 4.55. The van der Waals surface area contributed by atoms with Gasteiger partial charge in [0.1, 0.15) is 0 Å². The lowest BCUT2D eigenvalue weighted by molar-refractivity contribution is 0.257. The number of rotatable bonds is 6. The van der Waals surface area contributed by atoms with Crippen LogP contribution in [0.1, 0.15) is 25.7 Å². The van der Waals surface area contributed by atoms with Gasteiger partial charge in [-0.3, -0.25) is 0 Å². The molecule has 0 bridgehead atoms. The Labute approximate surface area is 142 Å². The molecule has 24 heavy (non-hydrogen) atoms. The molecule has 0 spiro atoms. The van der Waals surface area contributed by atoms with Crippen LogP contribution in [-0.2, 0) is 6.42 Å². The number of nitrogens with zero attached hydrogens (tertiary/aromatic N) is 2. The molecule has 6 heteroatoms. The minimum absolute atomic E-state index is 0.525. The van der Waals surface area contributed by atoms with Crippen molar-refractivity contribution in [1.82, 2.24) is 15.5 Å². The van der Waals surface area contributed by atoms with E-state index < -0.39 is 0 Å². The van der Waals surface area contributed by atoms with Gasteiger partial charge in [0.2, 0.25) is 11.7 Å². The highest BCUT2D eigenvalue weighted by Crippen LogP contribution is 2.31. The number of benzene rings is 1. The molecule has 1 fully saturated rings. The van der Waals surface area contributed by atoms with Crippen molar-refractivity contribution in [2.45, 2.75) is 26.2 Å². The van der Waals surface area contributed by atoms with E-state index in [1.165, 1.54) is 12.8 Å². The Morgan fingerprint density at radius 2 is 2.12 bits per heavy atom. The standard InChI is InChI=1S/C18H25N3O3/c1-12(14-5-4-8-19-11-14)9-17-20-18(21-24-17)13-6-7-15(22-2)16(10-13)23-3/h6-7,10,12,14,19H,4-5,8-9,11H2,1-3H3. The van der Waals surface area contributed by atoms with E-state index in [1.807, 2.05) is 18.2 Å². The largest absolute Gasteiger partial charge is 0.493 e. The molecule has 6 nitrogen and oxygen atoms in total. The number of aromatic nitrogens is 2. The van der Waals surface area contributed by atoms with Crippen LogP contribution in [0.3, 0.4) is 0 Å². The molecule has 130 valence electrons. The molecular weight excluding hydrogens is 306 g/mol. The van der Waals surface area contributed by atoms with Crippen LogP contribution in [0.2, 0.25) is 0 Å². The summed E-state index contributed by atoms with van der Waals surface area (Å²) in [5.74, 6) is 3.82. The Balaban J connectivity index is 1.71. The first-order chi connectivity index (χ1) is 11.7. The van der Waals surface area contributed by atoms with Crippen LogP contribution in [0.25, 0.3) is 11.4 Å². The van der Waals surface area contributed by atoms with Crippen LogP contribution < -0.4 is 14.8 Å². The quantitative estimate of drug-likeness (QED) is 0.878. The smallest absolute Gasteiger partial charge is 0.227 e. The molecule has 3 rings (SSSR count). The highest BCUT2D eigenvalue weighted by Gasteiger charge is 2.22. The first-order valence-electron chi connectivity index (χ1n) is 8.47. The summed E-state index contributed by atoms with van der Waals surface area (Å²) in [5.41, 5.74) is 0.856. The third-order valence-corrected chi connectivity index (χ3v) is 4.75. The molecule has 1 aliphatic rings. The topological polar surface area (TPSA) is 69.4 Å². The fourth-order valence-electron chi connectivity index (χ4n) is 3.24. The van der Waals surface area contributed by atoms with Crippen LogP contribution in [0.15, 0.2) is 22.7 Å². The number of nitrogens with one attached hydrogen (secondary N) is 1. The summed E-state index contributed by atoms with van der Waals surface area (Å²) in [7, 11) is 3.23. The maximum absolute atomic E-state index is 5.46. The first kappa shape index (κ1) is 16.8. The SMILES string of the molecule is COc1ccc(-c2noc(CC(C)C3CCCNC3)n2)cc1OC. The van der Waals surface area contributed by atoms with Crippen molar-refractivity contribution in [1.29, 1.82) is 0 Å². The van der Waals surface area contributed by atoms with E-state index in [2.05, 4.69) is 22.4 Å². The van der Waals surface area contributed by atoms with Crippen LogP contribution in [0.5, 0.6) is 11.5 Å². The molecule has 2 unspecified atom stereocenters. The van der Waals surface area contributed by atoms with Gasteiger partial charge >= 0.3 is 0 Å². The molecule has 0 saturated carbocycles. The first-order valence-corrected chi connectivity index (χ1v) is 8.47. The Hall–Kier alpha value is -2.08. The van der Waals surface area contributed by atoms with Crippen LogP contribution in [0, 0.1) is 11.8 Å². The lowest BCUT2D eigenvalue weighted by Crippen LogP contribution is -2.33. The van der Waals surface area contributed by atoms with E-state index in [4.69, 9.17) is 14.0 Å². The Bertz CT molecular complexity index is 665. The molecule has 2 atom stereocenters. The monoisotopic (exact) mass is 331 g/mol. The number of hydrogen-bond acceptors (Lipinski definition) is 6. The number of hydrogen-bond donors (Lipinski definition) is 1. The summed E-state index contributed by atoms with van der Waals surface area (Å²) in [6.07, 6.45) is 3.33. The molecule has 1 saturated heterocycles. The summed E-state index contributed by atoms with van der Waals surface area (Å²) < 4.78 is 16.0. The zero-order chi connectivity index (χ0) is 16.9. The summed E-state index contributed by atoms with van der Waals surface area (Å²) >= 11 is 0. The summed E-state index contributed by atoms with van der Waals surface area (Å²) in [6, 6.07) is 5.62. The lowest BCUT2D eigenvalue weighted by Gasteiger charge is -2.27. The van der Waals surface area contributed by atoms with Gasteiger partial charge in [0.05, 0.1) is 14.2 Å². The maximum Gasteiger partial charge on any atom is 0.227 e. The highest BCUT2D eigenvalue weighted by molar-refractivity contribution is 5.60. The van der Waals surface area contributed by atoms with Crippen LogP contribution in [-0.4, -0.2) is 37.4 Å². The number of methoxy groups -OCH3 is 2. The molecule has 2 heterocycles. The predicted octanol–water partition coefficient (Wildman–Crippen LogP) is 2.93. The van der Waals surface area contributed by atoms with E-state index in [0.717, 1.165) is 25.1 Å². The van der Waals surface area contributed by atoms with Gasteiger partial charge in [0.15, 0.2) is 11.5 Å². The van der Waals surface area contributed by atoms with E-state index >= 15 is 0 Å². The average molecular weight is 331 g/mol. The van der Waals surface area contributed by atoms with E-state index in [0.29, 0.717) is 35.0 Å². The van der Waals surface area contributed by atoms with Gasteiger partial charge in [0, 0.05) is 12.0 Å². The minimum atomic E-state index is 0.525. The minimum Gasteiger partial charge on any atom is -0.493 e. The zero-order valence-electron chi connectivity index (χ0n) is 14.5. The Kier molecular flexibility index (Phi) is 5.35. The van der Waals surface area contributed by atoms with Crippen molar-refractivity contribution in [2.24, 2.45) is 11.8 Å². The Morgan fingerprint density at radius 3 is 2.83 bits per heavy atom. The highest BCUT2D eigenvalue weighted by atomic mass is 16.5. The van der Waals surface area contributed by atoms with Crippen molar-refractivity contribution in [2.75, 3.05) is 27.3 Å². The second kappa shape index (κ2) is 7.66. The molecule has 0 aliphatic carbocycles. The second-order valence-electron chi connectivity index (χ2n) is 6.37. The lowest BCUT2D eigenvalue weighted by atomic mass is 9.85. The van der Waals surface area contributed by atoms with E-state index in [-0.39, 0.29) is 0 Å². The van der Waals surface area contributed by atoms with Gasteiger partial charge in [-0.05, 0) is 56.0 Å². The molecule has 1 N–H and O–H groups in total. The van der Waals surface area contributed by atoms with Crippen molar-refractivity contribution in [3.8, 4) is 22.9 Å². The van der Waals surface area contributed by atoms with Crippen LogP contribution in [0.4, 0.5) is 0 Å². The van der Waals surface area contributed by atoms with Gasteiger partial charge < -0.3 is 19.3 Å². The third kappa shape index (κ3) is 3.70. The summed E-state index contributed by atoms with van der Waals surface area (Å²) in [5, 5.41) is 7.58. The fraction of sp³-hybridized carbons (Fsp3) is 0.556. The Morgan fingerprint density at radius 1 is 1.29 bits per heavy atom. The maximum atomic E-state index is 5.46. The molecular formula is C18H25N3O3. The predicted molar refractivity (Wildman–Crippen MR) is 91.3 cm³/mol. The molecule has 1 aliphatic heterocycles. The molecule has 0 amide bonds. The van der Waals surface area contributed by atoms with Gasteiger partial charge in [-0.2, -0.15) is 4.98 Å². The normalized spacial score (nSPS) is 19.0. The van der Waals surface area contributed by atoms with Gasteiger partial charge in [-0.1, -0.05) is 12.1 Å². The molecule has 1 aromatic heterocycles. The fourth-order valence-corrected chi connectivity index (χ4v) is 3.24. The summed E-state index contributed by atoms with van der Waals surface area (Å²) in [6.45, 7) is 4.48. The van der Waals surface area contributed by atoms with Gasteiger partial charge in [-0.25, -0.2) is 0 Å². The molecule has 2 aromatic rings. The van der Waals surface area contributed by atoms with Gasteiger partial charge in [0.25, 0.3) is 0 Å². The zero-order valence-corrected chi connectivity index (χ0v) is 14.5. The van der Waals surface area contributed by atoms with Crippen molar-refractivity contribution < 1.29 is 14.0 Å². The van der Waals surface area contributed by atoms with Gasteiger partial charge in [-0.15, -0.1) is 0 Å². The van der Waals surface area contributed by atoms with Crippen molar-refractivity contribution >= 4 is 0 Å². The van der Waals surface area contributed by atoms with E-state index in [9.17, 15) is 0 Å². The number of piperidine rings is 1. The van der Waals surface area contributed by atoms with Crippen LogP contribution >= 0.6 is 0 Å². The molecule has 0 radical (unpaired) electrons.